The summed E-state index contributed by atoms with van der Waals surface area (Å²) in [5.41, 5.74) is 5.33. The van der Waals surface area contributed by atoms with E-state index in [9.17, 15) is 14.4 Å². The van der Waals surface area contributed by atoms with Gasteiger partial charge in [0, 0.05) is 10.8 Å². The Morgan fingerprint density at radius 1 is 1.32 bits per heavy atom. The Morgan fingerprint density at radius 3 is 2.64 bits per heavy atom. The van der Waals surface area contributed by atoms with Crippen molar-refractivity contribution in [1.82, 2.24) is 9.80 Å². The van der Waals surface area contributed by atoms with Crippen LogP contribution in [0, 0.1) is 5.92 Å². The maximum atomic E-state index is 12.5. The molecule has 2 aliphatic heterocycles. The number of nitrogens with zero attached hydrogens (tertiary/aromatic N) is 2. The Morgan fingerprint density at radius 2 is 2.05 bits per heavy atom. The summed E-state index contributed by atoms with van der Waals surface area (Å²) in [5, 5.41) is 1.94. The van der Waals surface area contributed by atoms with Gasteiger partial charge < -0.3 is 5.73 Å². The third kappa shape index (κ3) is 2.91. The second-order valence-corrected chi connectivity index (χ2v) is 6.86. The first-order chi connectivity index (χ1) is 10.6. The summed E-state index contributed by atoms with van der Waals surface area (Å²) in [6, 6.07) is 3.47. The van der Waals surface area contributed by atoms with E-state index in [-0.39, 0.29) is 36.1 Å². The lowest BCUT2D eigenvalue weighted by Crippen LogP contribution is -2.47. The molecule has 2 fully saturated rings. The lowest BCUT2D eigenvalue weighted by Gasteiger charge is -2.33. The van der Waals surface area contributed by atoms with Gasteiger partial charge in [0.1, 0.15) is 0 Å². The van der Waals surface area contributed by atoms with E-state index < -0.39 is 0 Å². The average molecular weight is 321 g/mol. The third-order valence-electron chi connectivity index (χ3n) is 4.49. The maximum Gasteiger partial charge on any atom is 0.247 e. The maximum absolute atomic E-state index is 12.5. The van der Waals surface area contributed by atoms with Gasteiger partial charge in [-0.05, 0) is 37.4 Å². The summed E-state index contributed by atoms with van der Waals surface area (Å²) in [5.74, 6) is -0.602. The molecule has 6 nitrogen and oxygen atoms in total. The van der Waals surface area contributed by atoms with E-state index >= 15 is 0 Å². The fourth-order valence-electron chi connectivity index (χ4n) is 3.17. The topological polar surface area (TPSA) is 83.7 Å². The zero-order chi connectivity index (χ0) is 15.7. The van der Waals surface area contributed by atoms with Crippen molar-refractivity contribution in [3.05, 3.63) is 22.4 Å². The molecule has 22 heavy (non-hydrogen) atoms. The van der Waals surface area contributed by atoms with Crippen LogP contribution in [-0.2, 0) is 20.9 Å². The molecule has 0 aliphatic carbocycles. The normalized spacial score (nSPS) is 24.2. The van der Waals surface area contributed by atoms with Crippen molar-refractivity contribution in [3.63, 3.8) is 0 Å². The molecule has 1 atom stereocenters. The van der Waals surface area contributed by atoms with Gasteiger partial charge >= 0.3 is 0 Å². The van der Waals surface area contributed by atoms with Gasteiger partial charge in [-0.1, -0.05) is 6.07 Å². The minimum atomic E-state index is -0.374. The lowest BCUT2D eigenvalue weighted by atomic mass is 9.95. The van der Waals surface area contributed by atoms with Crippen LogP contribution in [0.1, 0.15) is 24.1 Å². The highest BCUT2D eigenvalue weighted by molar-refractivity contribution is 7.09. The van der Waals surface area contributed by atoms with Crippen molar-refractivity contribution in [2.75, 3.05) is 13.1 Å². The summed E-state index contributed by atoms with van der Waals surface area (Å²) >= 11 is 1.54. The summed E-state index contributed by atoms with van der Waals surface area (Å²) in [7, 11) is 0. The Balaban J connectivity index is 1.63. The third-order valence-corrected chi connectivity index (χ3v) is 5.35. The molecule has 0 radical (unpaired) electrons. The number of primary amides is 1. The molecule has 0 bridgehead atoms. The smallest absolute Gasteiger partial charge is 0.247 e. The molecular weight excluding hydrogens is 302 g/mol. The van der Waals surface area contributed by atoms with Gasteiger partial charge in [0.05, 0.1) is 19.0 Å². The van der Waals surface area contributed by atoms with Crippen molar-refractivity contribution in [2.45, 2.75) is 31.8 Å². The highest BCUT2D eigenvalue weighted by Crippen LogP contribution is 2.26. The van der Waals surface area contributed by atoms with Gasteiger partial charge in [0.2, 0.25) is 17.7 Å². The summed E-state index contributed by atoms with van der Waals surface area (Å²) < 4.78 is 0. The van der Waals surface area contributed by atoms with Gasteiger partial charge in [-0.15, -0.1) is 11.3 Å². The van der Waals surface area contributed by atoms with Gasteiger partial charge in [-0.3, -0.25) is 24.2 Å². The molecule has 3 amide bonds. The zero-order valence-corrected chi connectivity index (χ0v) is 13.1. The average Bonchev–Trinajstić information content (AvgIpc) is 3.11. The molecule has 3 heterocycles. The highest BCUT2D eigenvalue weighted by Gasteiger charge is 2.42. The van der Waals surface area contributed by atoms with Crippen LogP contribution in [0.2, 0.25) is 0 Å². The summed E-state index contributed by atoms with van der Waals surface area (Å²) in [4.78, 5) is 40.3. The monoisotopic (exact) mass is 321 g/mol. The molecule has 2 N–H and O–H groups in total. The minimum Gasteiger partial charge on any atom is -0.369 e. The largest absolute Gasteiger partial charge is 0.369 e. The molecule has 118 valence electrons. The zero-order valence-electron chi connectivity index (χ0n) is 12.2. The first-order valence-electron chi connectivity index (χ1n) is 7.46. The number of amides is 3. The first kappa shape index (κ1) is 15.2. The first-order valence-corrected chi connectivity index (χ1v) is 8.34. The molecule has 1 aromatic heterocycles. The fraction of sp³-hybridized carbons (Fsp3) is 0.533. The van der Waals surface area contributed by atoms with E-state index in [0.29, 0.717) is 32.5 Å². The SMILES string of the molecule is NC(=O)C1CCN([C@H]2CC(=O)N(Cc3cccs3)C2=O)CC1. The van der Waals surface area contributed by atoms with Crippen LogP contribution in [-0.4, -0.2) is 46.7 Å². The van der Waals surface area contributed by atoms with Crippen LogP contribution in [0.4, 0.5) is 0 Å². The van der Waals surface area contributed by atoms with Crippen molar-refractivity contribution >= 4 is 29.1 Å². The van der Waals surface area contributed by atoms with E-state index in [1.165, 1.54) is 4.90 Å². The molecule has 2 saturated heterocycles. The standard InChI is InChI=1S/C15H19N3O3S/c16-14(20)10-3-5-17(6-4-10)12-8-13(19)18(15(12)21)9-11-2-1-7-22-11/h1-2,7,10,12H,3-6,8-9H2,(H2,16,20)/t12-/m0/s1. The van der Waals surface area contributed by atoms with E-state index in [0.717, 1.165) is 4.88 Å². The number of hydrogen-bond donors (Lipinski definition) is 1. The number of imide groups is 1. The van der Waals surface area contributed by atoms with E-state index in [1.54, 1.807) is 11.3 Å². The predicted octanol–water partition coefficient (Wildman–Crippen LogP) is 0.573. The molecule has 0 saturated carbocycles. The molecular formula is C15H19N3O3S. The lowest BCUT2D eigenvalue weighted by molar-refractivity contribution is -0.140. The minimum absolute atomic E-state index is 0.106. The second kappa shape index (κ2) is 6.18. The number of carbonyl (C=O) groups is 3. The second-order valence-electron chi connectivity index (χ2n) is 5.83. The Hall–Kier alpha value is -1.73. The number of piperidine rings is 1. The molecule has 0 aromatic carbocycles. The summed E-state index contributed by atoms with van der Waals surface area (Å²) in [6.45, 7) is 1.65. The number of hydrogen-bond acceptors (Lipinski definition) is 5. The van der Waals surface area contributed by atoms with Gasteiger partial charge in [-0.2, -0.15) is 0 Å². The number of rotatable bonds is 4. The Kier molecular flexibility index (Phi) is 4.26. The van der Waals surface area contributed by atoms with Gasteiger partial charge in [0.25, 0.3) is 0 Å². The van der Waals surface area contributed by atoms with Crippen LogP contribution in [0.25, 0.3) is 0 Å². The van der Waals surface area contributed by atoms with E-state index in [4.69, 9.17) is 5.73 Å². The molecule has 0 spiro atoms. The predicted molar refractivity (Wildman–Crippen MR) is 81.8 cm³/mol. The number of nitrogens with two attached hydrogens (primary N) is 1. The fourth-order valence-corrected chi connectivity index (χ4v) is 3.86. The van der Waals surface area contributed by atoms with Gasteiger partial charge in [-0.25, -0.2) is 0 Å². The molecule has 1 aromatic rings. The number of likely N-dealkylation sites (tertiary alicyclic amines) is 2. The van der Waals surface area contributed by atoms with Crippen molar-refractivity contribution in [3.8, 4) is 0 Å². The molecule has 2 aliphatic rings. The van der Waals surface area contributed by atoms with Crippen LogP contribution in [0.5, 0.6) is 0 Å². The Bertz CT molecular complexity index is 579. The highest BCUT2D eigenvalue weighted by atomic mass is 32.1. The van der Waals surface area contributed by atoms with Crippen LogP contribution in [0.15, 0.2) is 17.5 Å². The van der Waals surface area contributed by atoms with E-state index in [2.05, 4.69) is 0 Å². The number of carbonyl (C=O) groups excluding carboxylic acids is 3. The van der Waals surface area contributed by atoms with Gasteiger partial charge in [0.15, 0.2) is 0 Å². The molecule has 3 rings (SSSR count). The van der Waals surface area contributed by atoms with Crippen LogP contribution >= 0.6 is 11.3 Å². The quantitative estimate of drug-likeness (QED) is 0.822. The van der Waals surface area contributed by atoms with Crippen molar-refractivity contribution in [1.29, 1.82) is 0 Å². The van der Waals surface area contributed by atoms with Crippen molar-refractivity contribution < 1.29 is 14.4 Å². The van der Waals surface area contributed by atoms with E-state index in [1.807, 2.05) is 22.4 Å². The van der Waals surface area contributed by atoms with Crippen molar-refractivity contribution in [2.24, 2.45) is 11.7 Å². The van der Waals surface area contributed by atoms with Crippen LogP contribution < -0.4 is 5.73 Å². The summed E-state index contributed by atoms with van der Waals surface area (Å²) in [6.07, 6.45) is 1.57. The molecule has 0 unspecified atom stereocenters. The Labute approximate surface area is 132 Å². The number of thiophene rings is 1. The molecule has 7 heteroatoms. The van der Waals surface area contributed by atoms with Crippen LogP contribution in [0.3, 0.4) is 0 Å².